The highest BCUT2D eigenvalue weighted by Crippen LogP contribution is 2.41. The zero-order valence-electron chi connectivity index (χ0n) is 18.1. The second-order valence-electron chi connectivity index (χ2n) is 8.35. The summed E-state index contributed by atoms with van der Waals surface area (Å²) in [4.78, 5) is 26.1. The zero-order valence-corrected chi connectivity index (χ0v) is 18.1. The van der Waals surface area contributed by atoms with E-state index in [2.05, 4.69) is 26.3 Å². The van der Waals surface area contributed by atoms with Crippen LogP contribution in [-0.2, 0) is 4.79 Å². The van der Waals surface area contributed by atoms with E-state index in [0.717, 1.165) is 34.2 Å². The normalized spacial score (nSPS) is 16.8. The minimum absolute atomic E-state index is 0.0983. The molecule has 4 aromatic rings. The lowest BCUT2D eigenvalue weighted by molar-refractivity contribution is -0.117. The second kappa shape index (κ2) is 8.32. The van der Waals surface area contributed by atoms with Crippen molar-refractivity contribution in [2.45, 2.75) is 19.8 Å². The predicted molar refractivity (Wildman–Crippen MR) is 128 cm³/mol. The van der Waals surface area contributed by atoms with E-state index in [1.807, 2.05) is 55.5 Å². The van der Waals surface area contributed by atoms with Gasteiger partial charge in [-0.05, 0) is 48.4 Å². The molecule has 3 N–H and O–H groups in total. The fourth-order valence-corrected chi connectivity index (χ4v) is 4.20. The maximum absolute atomic E-state index is 12.5. The van der Waals surface area contributed by atoms with E-state index in [4.69, 9.17) is 11.0 Å². The number of hydrogen-bond acceptors (Lipinski definition) is 6. The molecule has 1 saturated carbocycles. The number of benzene rings is 1. The largest absolute Gasteiger partial charge is 0.383 e. The number of nitrogens with two attached hydrogens (primary N) is 1. The molecule has 162 valence electrons. The van der Waals surface area contributed by atoms with Crippen LogP contribution < -0.4 is 11.1 Å². The number of anilines is 2. The summed E-state index contributed by atoms with van der Waals surface area (Å²) in [6, 6.07) is 17.8. The molecule has 0 spiro atoms. The minimum atomic E-state index is -0.119. The number of carbonyl (C=O) groups excluding carboxylic acids is 1. The number of nitriles is 1. The maximum atomic E-state index is 12.5. The van der Waals surface area contributed by atoms with Crippen LogP contribution in [0.2, 0.25) is 0 Å². The molecule has 1 amide bonds. The van der Waals surface area contributed by atoms with Gasteiger partial charge >= 0.3 is 0 Å². The molecular formula is C26H22N6O. The molecule has 1 aromatic carbocycles. The Labute approximate surface area is 191 Å². The zero-order chi connectivity index (χ0) is 22.9. The monoisotopic (exact) mass is 434 g/mol. The summed E-state index contributed by atoms with van der Waals surface area (Å²) in [6.07, 6.45) is 4.57. The molecule has 1 aliphatic carbocycles. The van der Waals surface area contributed by atoms with Crippen LogP contribution in [0.25, 0.3) is 33.3 Å². The van der Waals surface area contributed by atoms with Crippen molar-refractivity contribution < 1.29 is 4.79 Å². The fraction of sp³-hybridized carbons (Fsp3) is 0.192. The van der Waals surface area contributed by atoms with Gasteiger partial charge in [-0.25, -0.2) is 9.97 Å². The molecule has 2 atom stereocenters. The predicted octanol–water partition coefficient (Wildman–Crippen LogP) is 4.74. The lowest BCUT2D eigenvalue weighted by Crippen LogP contribution is -2.15. The summed E-state index contributed by atoms with van der Waals surface area (Å²) < 4.78 is 0. The second-order valence-corrected chi connectivity index (χ2v) is 8.35. The molecule has 3 aromatic heterocycles. The smallest absolute Gasteiger partial charge is 0.228 e. The SMILES string of the molecule is Cc1ccnc(-c2ccccc2)c1-c1cc2cc(NC(=O)[C@H]3C[C@@H]3CC#N)ncc2c(N)n1. The molecule has 5 rings (SSSR count). The van der Waals surface area contributed by atoms with Crippen LogP contribution in [0.1, 0.15) is 18.4 Å². The van der Waals surface area contributed by atoms with Gasteiger partial charge in [0.15, 0.2) is 0 Å². The number of aromatic nitrogens is 3. The van der Waals surface area contributed by atoms with E-state index in [1.54, 1.807) is 12.4 Å². The Morgan fingerprint density at radius 1 is 1.21 bits per heavy atom. The van der Waals surface area contributed by atoms with Crippen molar-refractivity contribution in [1.29, 1.82) is 5.26 Å². The van der Waals surface area contributed by atoms with Gasteiger partial charge in [0.1, 0.15) is 11.6 Å². The molecule has 7 heteroatoms. The van der Waals surface area contributed by atoms with E-state index in [1.165, 1.54) is 0 Å². The fourth-order valence-electron chi connectivity index (χ4n) is 4.20. The summed E-state index contributed by atoms with van der Waals surface area (Å²) in [5.41, 5.74) is 10.8. The lowest BCUT2D eigenvalue weighted by Gasteiger charge is -2.14. The van der Waals surface area contributed by atoms with Gasteiger partial charge < -0.3 is 11.1 Å². The van der Waals surface area contributed by atoms with E-state index < -0.39 is 0 Å². The molecule has 0 unspecified atom stereocenters. The average Bonchev–Trinajstić information content (AvgIpc) is 3.59. The average molecular weight is 435 g/mol. The van der Waals surface area contributed by atoms with Crippen LogP contribution in [0.3, 0.4) is 0 Å². The van der Waals surface area contributed by atoms with Crippen molar-refractivity contribution in [3.63, 3.8) is 0 Å². The van der Waals surface area contributed by atoms with Gasteiger partial charge in [0.05, 0.1) is 17.5 Å². The van der Waals surface area contributed by atoms with Gasteiger partial charge in [-0.2, -0.15) is 5.26 Å². The Balaban J connectivity index is 1.54. The van der Waals surface area contributed by atoms with Crippen LogP contribution in [0.5, 0.6) is 0 Å². The molecule has 7 nitrogen and oxygen atoms in total. The van der Waals surface area contributed by atoms with Crippen molar-refractivity contribution in [3.05, 3.63) is 66.5 Å². The molecular weight excluding hydrogens is 412 g/mol. The van der Waals surface area contributed by atoms with Crippen molar-refractivity contribution in [3.8, 4) is 28.6 Å². The van der Waals surface area contributed by atoms with Gasteiger partial charge in [-0.1, -0.05) is 30.3 Å². The minimum Gasteiger partial charge on any atom is -0.383 e. The molecule has 0 radical (unpaired) electrons. The van der Waals surface area contributed by atoms with E-state index in [-0.39, 0.29) is 17.7 Å². The summed E-state index contributed by atoms with van der Waals surface area (Å²) in [5, 5.41) is 13.2. The van der Waals surface area contributed by atoms with Crippen molar-refractivity contribution >= 4 is 28.3 Å². The van der Waals surface area contributed by atoms with Crippen LogP contribution in [0, 0.1) is 30.1 Å². The Bertz CT molecular complexity index is 1410. The highest BCUT2D eigenvalue weighted by molar-refractivity contribution is 5.99. The van der Waals surface area contributed by atoms with E-state index >= 15 is 0 Å². The molecule has 33 heavy (non-hydrogen) atoms. The first-order chi connectivity index (χ1) is 16.0. The molecule has 3 heterocycles. The standard InChI is InChI=1S/C26H22N6O/c1-15-8-10-29-24(16-5-3-2-4-6-16)23(15)21-12-18-13-22(30-14-20(18)25(28)31-21)32-26(33)19-11-17(19)7-9-27/h2-6,8,10,12-14,17,19H,7,11H2,1H3,(H2,28,31)(H,30,32,33)/t17-,19-/m0/s1. The van der Waals surface area contributed by atoms with Gasteiger partial charge in [0.25, 0.3) is 0 Å². The van der Waals surface area contributed by atoms with Crippen molar-refractivity contribution in [2.24, 2.45) is 11.8 Å². The summed E-state index contributed by atoms with van der Waals surface area (Å²) >= 11 is 0. The number of amides is 1. The third-order valence-electron chi connectivity index (χ3n) is 6.07. The van der Waals surface area contributed by atoms with Crippen LogP contribution in [-0.4, -0.2) is 20.9 Å². The van der Waals surface area contributed by atoms with Crippen LogP contribution >= 0.6 is 0 Å². The quantitative estimate of drug-likeness (QED) is 0.468. The van der Waals surface area contributed by atoms with E-state index in [0.29, 0.717) is 29.1 Å². The van der Waals surface area contributed by atoms with Crippen molar-refractivity contribution in [1.82, 2.24) is 15.0 Å². The molecule has 1 fully saturated rings. The topological polar surface area (TPSA) is 118 Å². The lowest BCUT2D eigenvalue weighted by atomic mass is 9.98. The first kappa shape index (κ1) is 20.6. The van der Waals surface area contributed by atoms with Crippen LogP contribution in [0.15, 0.2) is 60.9 Å². The Hall–Kier alpha value is -4.31. The van der Waals surface area contributed by atoms with E-state index in [9.17, 15) is 4.79 Å². The van der Waals surface area contributed by atoms with Crippen LogP contribution in [0.4, 0.5) is 11.6 Å². The Morgan fingerprint density at radius 2 is 2.03 bits per heavy atom. The maximum Gasteiger partial charge on any atom is 0.228 e. The first-order valence-corrected chi connectivity index (χ1v) is 10.8. The molecule has 0 bridgehead atoms. The summed E-state index contributed by atoms with van der Waals surface area (Å²) in [6.45, 7) is 2.02. The van der Waals surface area contributed by atoms with Gasteiger partial charge in [0, 0.05) is 41.2 Å². The Morgan fingerprint density at radius 3 is 2.82 bits per heavy atom. The molecule has 0 saturated heterocycles. The number of aryl methyl sites for hydroxylation is 1. The molecule has 1 aliphatic rings. The number of nitrogen functional groups attached to an aromatic ring is 1. The summed E-state index contributed by atoms with van der Waals surface area (Å²) in [7, 11) is 0. The number of hydrogen-bond donors (Lipinski definition) is 2. The van der Waals surface area contributed by atoms with Gasteiger partial charge in [-0.15, -0.1) is 0 Å². The number of nitrogens with one attached hydrogen (secondary N) is 1. The third kappa shape index (κ3) is 3.99. The third-order valence-corrected chi connectivity index (χ3v) is 6.07. The number of pyridine rings is 3. The highest BCUT2D eigenvalue weighted by Gasteiger charge is 2.42. The highest BCUT2D eigenvalue weighted by atomic mass is 16.2. The first-order valence-electron chi connectivity index (χ1n) is 10.8. The van der Waals surface area contributed by atoms with Crippen molar-refractivity contribution in [2.75, 3.05) is 11.1 Å². The van der Waals surface area contributed by atoms with Gasteiger partial charge in [0.2, 0.25) is 5.91 Å². The number of nitrogens with zero attached hydrogens (tertiary/aromatic N) is 4. The molecule has 0 aliphatic heterocycles. The number of fused-ring (bicyclic) bond motifs is 1. The number of carbonyl (C=O) groups is 1. The Kier molecular flexibility index (Phi) is 5.19. The number of rotatable bonds is 5. The van der Waals surface area contributed by atoms with Gasteiger partial charge in [-0.3, -0.25) is 9.78 Å². The summed E-state index contributed by atoms with van der Waals surface area (Å²) in [5.74, 6) is 0.752.